The molecule has 0 rings (SSSR count). The number of amides is 1. The molecule has 1 atom stereocenters. The molecule has 0 radical (unpaired) electrons. The van der Waals surface area contributed by atoms with Crippen LogP contribution in [0.15, 0.2) is 0 Å². The van der Waals surface area contributed by atoms with E-state index in [0.29, 0.717) is 45.8 Å². The molecule has 0 heterocycles. The summed E-state index contributed by atoms with van der Waals surface area (Å²) >= 11 is 0. The van der Waals surface area contributed by atoms with Crippen LogP contribution in [0.4, 0.5) is 0 Å². The maximum atomic E-state index is 11.6. The number of carbonyl (C=O) groups is 3. The van der Waals surface area contributed by atoms with E-state index in [1.807, 2.05) is 13.8 Å². The lowest BCUT2D eigenvalue weighted by Gasteiger charge is -2.08. The summed E-state index contributed by atoms with van der Waals surface area (Å²) in [6.07, 6.45) is 4.66. The van der Waals surface area contributed by atoms with E-state index in [9.17, 15) is 14.4 Å². The lowest BCUT2D eigenvalue weighted by molar-refractivity contribution is -0.126. The number of ether oxygens (including phenoxy) is 3. The highest BCUT2D eigenvalue weighted by Gasteiger charge is 2.07. The summed E-state index contributed by atoms with van der Waals surface area (Å²) in [7, 11) is 0. The second-order valence-corrected chi connectivity index (χ2v) is 6.72. The number of Topliss-reactive ketones (excluding diaryl/α,β-unsaturated/α-hetero) is 2. The van der Waals surface area contributed by atoms with Crippen LogP contribution in [0.5, 0.6) is 0 Å². The first-order chi connectivity index (χ1) is 13.0. The van der Waals surface area contributed by atoms with Crippen molar-refractivity contribution in [1.82, 2.24) is 5.32 Å². The molecule has 1 amide bonds. The molecule has 0 bridgehead atoms. The lowest BCUT2D eigenvalue weighted by Crippen LogP contribution is -2.29. The van der Waals surface area contributed by atoms with Crippen molar-refractivity contribution < 1.29 is 28.6 Å². The van der Waals surface area contributed by atoms with Crippen molar-refractivity contribution in [2.75, 3.05) is 46.2 Å². The van der Waals surface area contributed by atoms with E-state index in [4.69, 9.17) is 14.2 Å². The molecule has 0 unspecified atom stereocenters. The van der Waals surface area contributed by atoms with Crippen LogP contribution in [0.2, 0.25) is 0 Å². The van der Waals surface area contributed by atoms with Crippen LogP contribution >= 0.6 is 0 Å². The highest BCUT2D eigenvalue weighted by Crippen LogP contribution is 2.07. The van der Waals surface area contributed by atoms with Gasteiger partial charge in [-0.25, -0.2) is 0 Å². The number of hydrogen-bond acceptors (Lipinski definition) is 6. The summed E-state index contributed by atoms with van der Waals surface area (Å²) in [6.45, 7) is 8.19. The van der Waals surface area contributed by atoms with Crippen LogP contribution in [-0.4, -0.2) is 63.7 Å². The highest BCUT2D eigenvalue weighted by atomic mass is 16.5. The topological polar surface area (TPSA) is 90.9 Å². The molecular weight excluding hydrogens is 350 g/mol. The van der Waals surface area contributed by atoms with Crippen molar-refractivity contribution in [3.63, 3.8) is 0 Å². The van der Waals surface area contributed by atoms with Gasteiger partial charge in [0.1, 0.15) is 19.0 Å². The Morgan fingerprint density at radius 3 is 2.30 bits per heavy atom. The molecular formula is C20H37NO6. The molecule has 158 valence electrons. The monoisotopic (exact) mass is 387 g/mol. The summed E-state index contributed by atoms with van der Waals surface area (Å²) < 4.78 is 15.8. The number of carbonyl (C=O) groups excluding carboxylic acids is 3. The SMILES string of the molecule is CCCOCC(=O)CCCOCCOCC(=O)NCCCC[C@H](C)C(C)=O. The van der Waals surface area contributed by atoms with Gasteiger partial charge in [-0.05, 0) is 32.6 Å². The molecule has 0 aliphatic carbocycles. The maximum absolute atomic E-state index is 11.6. The van der Waals surface area contributed by atoms with Gasteiger partial charge in [-0.15, -0.1) is 0 Å². The van der Waals surface area contributed by atoms with Gasteiger partial charge in [0, 0.05) is 32.1 Å². The van der Waals surface area contributed by atoms with Crippen molar-refractivity contribution in [2.45, 2.75) is 59.3 Å². The number of hydrogen-bond donors (Lipinski definition) is 1. The van der Waals surface area contributed by atoms with Crippen molar-refractivity contribution in [3.05, 3.63) is 0 Å². The maximum Gasteiger partial charge on any atom is 0.245 e. The first kappa shape index (κ1) is 25.7. The van der Waals surface area contributed by atoms with Gasteiger partial charge in [-0.3, -0.25) is 14.4 Å². The summed E-state index contributed by atoms with van der Waals surface area (Å²) in [5.74, 6) is 0.252. The zero-order chi connectivity index (χ0) is 20.3. The molecule has 0 aromatic carbocycles. The molecule has 1 N–H and O–H groups in total. The molecule has 0 saturated heterocycles. The molecule has 0 aliphatic rings. The second-order valence-electron chi connectivity index (χ2n) is 6.72. The molecule has 27 heavy (non-hydrogen) atoms. The summed E-state index contributed by atoms with van der Waals surface area (Å²) in [5, 5.41) is 2.79. The van der Waals surface area contributed by atoms with Gasteiger partial charge in [-0.1, -0.05) is 20.3 Å². The predicted octanol–water partition coefficient (Wildman–Crippen LogP) is 2.31. The minimum atomic E-state index is -0.146. The molecule has 7 nitrogen and oxygen atoms in total. The van der Waals surface area contributed by atoms with Crippen LogP contribution in [0, 0.1) is 5.92 Å². The Morgan fingerprint density at radius 2 is 1.59 bits per heavy atom. The molecule has 0 spiro atoms. The first-order valence-electron chi connectivity index (χ1n) is 9.99. The Kier molecular flexibility index (Phi) is 17.2. The highest BCUT2D eigenvalue weighted by molar-refractivity contribution is 5.79. The van der Waals surface area contributed by atoms with Crippen LogP contribution in [0.25, 0.3) is 0 Å². The number of rotatable bonds is 19. The molecule has 0 aromatic heterocycles. The van der Waals surface area contributed by atoms with Crippen molar-refractivity contribution in [3.8, 4) is 0 Å². The average Bonchev–Trinajstić information content (AvgIpc) is 2.63. The van der Waals surface area contributed by atoms with E-state index in [-0.39, 0.29) is 36.6 Å². The lowest BCUT2D eigenvalue weighted by atomic mass is 10.0. The minimum Gasteiger partial charge on any atom is -0.379 e. The van der Waals surface area contributed by atoms with E-state index in [1.54, 1.807) is 6.92 Å². The van der Waals surface area contributed by atoms with Gasteiger partial charge in [0.2, 0.25) is 5.91 Å². The normalized spacial score (nSPS) is 12.0. The minimum absolute atomic E-state index is 0.0143. The van der Waals surface area contributed by atoms with Gasteiger partial charge in [0.25, 0.3) is 0 Å². The molecule has 0 aliphatic heterocycles. The summed E-state index contributed by atoms with van der Waals surface area (Å²) in [5.41, 5.74) is 0. The fraction of sp³-hybridized carbons (Fsp3) is 0.850. The van der Waals surface area contributed by atoms with Gasteiger partial charge in [-0.2, -0.15) is 0 Å². The Balaban J connectivity index is 3.34. The number of nitrogens with one attached hydrogen (secondary N) is 1. The molecule has 0 aromatic rings. The Morgan fingerprint density at radius 1 is 0.889 bits per heavy atom. The number of ketones is 2. The quantitative estimate of drug-likeness (QED) is 0.342. The standard InChI is InChI=1S/C20H37NO6/c1-4-11-26-15-19(23)9-7-12-25-13-14-27-16-20(24)21-10-6-5-8-17(2)18(3)22/h17H,4-16H2,1-3H3,(H,21,24)/t17-/m0/s1. The van der Waals surface area contributed by atoms with Crippen LogP contribution < -0.4 is 5.32 Å². The third kappa shape index (κ3) is 17.8. The van der Waals surface area contributed by atoms with E-state index in [2.05, 4.69) is 5.32 Å². The van der Waals surface area contributed by atoms with E-state index in [1.165, 1.54) is 0 Å². The van der Waals surface area contributed by atoms with Crippen molar-refractivity contribution in [1.29, 1.82) is 0 Å². The van der Waals surface area contributed by atoms with E-state index < -0.39 is 0 Å². The summed E-state index contributed by atoms with van der Waals surface area (Å²) in [6, 6.07) is 0. The zero-order valence-corrected chi connectivity index (χ0v) is 17.2. The molecule has 0 fully saturated rings. The number of unbranched alkanes of at least 4 members (excludes halogenated alkanes) is 1. The Hall–Kier alpha value is -1.31. The van der Waals surface area contributed by atoms with Crippen LogP contribution in [0.1, 0.15) is 59.3 Å². The van der Waals surface area contributed by atoms with E-state index in [0.717, 1.165) is 25.7 Å². The van der Waals surface area contributed by atoms with Crippen LogP contribution in [0.3, 0.4) is 0 Å². The zero-order valence-electron chi connectivity index (χ0n) is 17.2. The van der Waals surface area contributed by atoms with E-state index >= 15 is 0 Å². The van der Waals surface area contributed by atoms with Gasteiger partial charge in [0.15, 0.2) is 5.78 Å². The van der Waals surface area contributed by atoms with Crippen molar-refractivity contribution in [2.24, 2.45) is 5.92 Å². The van der Waals surface area contributed by atoms with Crippen molar-refractivity contribution >= 4 is 17.5 Å². The van der Waals surface area contributed by atoms with Gasteiger partial charge < -0.3 is 19.5 Å². The molecule has 7 heteroatoms. The van der Waals surface area contributed by atoms with Crippen LogP contribution in [-0.2, 0) is 28.6 Å². The molecule has 0 saturated carbocycles. The third-order valence-corrected chi connectivity index (χ3v) is 4.04. The smallest absolute Gasteiger partial charge is 0.245 e. The second kappa shape index (κ2) is 18.1. The third-order valence-electron chi connectivity index (χ3n) is 4.04. The Bertz CT molecular complexity index is 413. The largest absolute Gasteiger partial charge is 0.379 e. The average molecular weight is 388 g/mol. The predicted molar refractivity (Wildman–Crippen MR) is 104 cm³/mol. The summed E-state index contributed by atoms with van der Waals surface area (Å²) in [4.78, 5) is 34.1. The fourth-order valence-electron chi connectivity index (χ4n) is 2.22. The first-order valence-corrected chi connectivity index (χ1v) is 9.99. The Labute approximate surface area is 163 Å². The van der Waals surface area contributed by atoms with Gasteiger partial charge in [0.05, 0.1) is 13.2 Å². The fourth-order valence-corrected chi connectivity index (χ4v) is 2.22. The van der Waals surface area contributed by atoms with Gasteiger partial charge >= 0.3 is 0 Å².